The highest BCUT2D eigenvalue weighted by molar-refractivity contribution is 6.39. The summed E-state index contributed by atoms with van der Waals surface area (Å²) >= 11 is 0. The lowest BCUT2D eigenvalue weighted by Crippen LogP contribution is -2.54. The molecule has 1 N–H and O–H groups in total. The van der Waals surface area contributed by atoms with Crippen molar-refractivity contribution < 1.29 is 28.3 Å². The number of aryl methyl sites for hydroxylation is 1. The molecule has 2 heterocycles. The molecule has 0 bridgehead atoms. The molecule has 166 valence electrons. The first-order valence-corrected chi connectivity index (χ1v) is 10.2. The van der Waals surface area contributed by atoms with Crippen LogP contribution in [0.2, 0.25) is 0 Å². The summed E-state index contributed by atoms with van der Waals surface area (Å²) in [7, 11) is 0. The number of furan rings is 1. The van der Waals surface area contributed by atoms with E-state index < -0.39 is 23.8 Å². The fraction of sp³-hybridized carbons (Fsp3) is 0.120. The zero-order valence-electron chi connectivity index (χ0n) is 18.0. The smallest absolute Gasteiger partial charge is 0.338 e. The molecular formula is C25H20N2O6. The molecule has 1 aliphatic rings. The third-order valence-corrected chi connectivity index (χ3v) is 4.99. The highest BCUT2D eigenvalue weighted by atomic mass is 16.5. The number of ether oxygens (including phenoxy) is 1. The Balaban J connectivity index is 1.59. The van der Waals surface area contributed by atoms with E-state index in [0.29, 0.717) is 22.6 Å². The van der Waals surface area contributed by atoms with Crippen LogP contribution in [-0.4, -0.2) is 30.4 Å². The second kappa shape index (κ2) is 8.96. The van der Waals surface area contributed by atoms with Crippen molar-refractivity contribution in [2.45, 2.75) is 13.8 Å². The minimum absolute atomic E-state index is 0.228. The fourth-order valence-corrected chi connectivity index (χ4v) is 3.30. The van der Waals surface area contributed by atoms with E-state index in [4.69, 9.17) is 9.15 Å². The van der Waals surface area contributed by atoms with Gasteiger partial charge in [0.2, 0.25) is 0 Å². The third-order valence-electron chi connectivity index (χ3n) is 4.99. The number of anilines is 1. The fourth-order valence-electron chi connectivity index (χ4n) is 3.30. The van der Waals surface area contributed by atoms with Gasteiger partial charge in [-0.1, -0.05) is 29.8 Å². The van der Waals surface area contributed by atoms with E-state index in [2.05, 4.69) is 5.32 Å². The van der Waals surface area contributed by atoms with Crippen molar-refractivity contribution in [2.75, 3.05) is 11.5 Å². The SMILES string of the molecule is CCOC(=O)c1ccc(-c2ccc(C=C3C(=O)NC(=O)N(c4ccc(C)cc4)C3=O)o2)cc1. The Hall–Kier alpha value is -4.46. The molecular weight excluding hydrogens is 424 g/mol. The topological polar surface area (TPSA) is 106 Å². The van der Waals surface area contributed by atoms with E-state index in [1.54, 1.807) is 67.6 Å². The summed E-state index contributed by atoms with van der Waals surface area (Å²) in [5, 5.41) is 2.18. The summed E-state index contributed by atoms with van der Waals surface area (Å²) in [6, 6.07) is 15.9. The van der Waals surface area contributed by atoms with Gasteiger partial charge in [0, 0.05) is 5.56 Å². The van der Waals surface area contributed by atoms with Crippen molar-refractivity contribution >= 4 is 35.6 Å². The van der Waals surface area contributed by atoms with Gasteiger partial charge in [0.1, 0.15) is 17.1 Å². The molecule has 0 spiro atoms. The molecule has 0 saturated carbocycles. The molecule has 3 aromatic rings. The number of carbonyl (C=O) groups excluding carboxylic acids is 4. The zero-order chi connectivity index (χ0) is 23.5. The molecule has 0 radical (unpaired) electrons. The number of rotatable bonds is 5. The summed E-state index contributed by atoms with van der Waals surface area (Å²) in [5.41, 5.74) is 2.20. The molecule has 2 aromatic carbocycles. The van der Waals surface area contributed by atoms with Crippen LogP contribution in [-0.2, 0) is 14.3 Å². The number of benzene rings is 2. The van der Waals surface area contributed by atoms with E-state index in [0.717, 1.165) is 10.5 Å². The van der Waals surface area contributed by atoms with Crippen LogP contribution in [0.5, 0.6) is 0 Å². The molecule has 4 amide bonds. The lowest BCUT2D eigenvalue weighted by molar-refractivity contribution is -0.122. The van der Waals surface area contributed by atoms with Crippen molar-refractivity contribution in [1.29, 1.82) is 0 Å². The first-order chi connectivity index (χ1) is 15.9. The summed E-state index contributed by atoms with van der Waals surface area (Å²) in [5.74, 6) is -1.22. The van der Waals surface area contributed by atoms with Crippen molar-refractivity contribution in [1.82, 2.24) is 5.32 Å². The highest BCUT2D eigenvalue weighted by Gasteiger charge is 2.37. The van der Waals surface area contributed by atoms with Gasteiger partial charge in [-0.2, -0.15) is 0 Å². The minimum Gasteiger partial charge on any atom is -0.462 e. The lowest BCUT2D eigenvalue weighted by atomic mass is 10.1. The second-order valence-corrected chi connectivity index (χ2v) is 7.29. The molecule has 8 nitrogen and oxygen atoms in total. The average molecular weight is 444 g/mol. The average Bonchev–Trinajstić information content (AvgIpc) is 3.27. The first kappa shape index (κ1) is 21.8. The number of hydrogen-bond donors (Lipinski definition) is 1. The van der Waals surface area contributed by atoms with Crippen LogP contribution in [0.3, 0.4) is 0 Å². The number of carbonyl (C=O) groups is 4. The second-order valence-electron chi connectivity index (χ2n) is 7.29. The predicted octanol–water partition coefficient (Wildman–Crippen LogP) is 4.10. The Morgan fingerprint density at radius 1 is 1.00 bits per heavy atom. The molecule has 33 heavy (non-hydrogen) atoms. The van der Waals surface area contributed by atoms with Gasteiger partial charge in [-0.25, -0.2) is 14.5 Å². The molecule has 0 atom stereocenters. The van der Waals surface area contributed by atoms with Crippen molar-refractivity contribution in [2.24, 2.45) is 0 Å². The Labute approximate surface area is 189 Å². The third kappa shape index (κ3) is 4.45. The summed E-state index contributed by atoms with van der Waals surface area (Å²) in [6.45, 7) is 3.91. The van der Waals surface area contributed by atoms with Crippen molar-refractivity contribution in [3.63, 3.8) is 0 Å². The molecule has 0 unspecified atom stereocenters. The van der Waals surface area contributed by atoms with E-state index in [-0.39, 0.29) is 17.9 Å². The number of imide groups is 2. The summed E-state index contributed by atoms with van der Waals surface area (Å²) in [6.07, 6.45) is 1.29. The number of hydrogen-bond acceptors (Lipinski definition) is 6. The van der Waals surface area contributed by atoms with Crippen LogP contribution in [0, 0.1) is 6.92 Å². The molecule has 1 fully saturated rings. The van der Waals surface area contributed by atoms with Crippen LogP contribution < -0.4 is 10.2 Å². The van der Waals surface area contributed by atoms with E-state index in [9.17, 15) is 19.2 Å². The van der Waals surface area contributed by atoms with E-state index in [1.165, 1.54) is 6.08 Å². The number of urea groups is 1. The van der Waals surface area contributed by atoms with Gasteiger partial charge in [0.15, 0.2) is 0 Å². The maximum absolute atomic E-state index is 13.0. The molecule has 1 aromatic heterocycles. The standard InChI is InChI=1S/C25H20N2O6/c1-3-32-24(30)17-8-6-16(7-9-17)21-13-12-19(33-21)14-20-22(28)26-25(31)27(23(20)29)18-10-4-15(2)5-11-18/h4-14H,3H2,1-2H3,(H,26,28,31). The Morgan fingerprint density at radius 3 is 2.36 bits per heavy atom. The lowest BCUT2D eigenvalue weighted by Gasteiger charge is -2.26. The Morgan fingerprint density at radius 2 is 1.70 bits per heavy atom. The molecule has 8 heteroatoms. The van der Waals surface area contributed by atoms with Crippen molar-refractivity contribution in [3.8, 4) is 11.3 Å². The summed E-state index contributed by atoms with van der Waals surface area (Å²) < 4.78 is 10.7. The normalized spacial score (nSPS) is 15.0. The molecule has 0 aliphatic carbocycles. The number of nitrogens with one attached hydrogen (secondary N) is 1. The number of amides is 4. The van der Waals surface area contributed by atoms with Gasteiger partial charge in [-0.15, -0.1) is 0 Å². The van der Waals surface area contributed by atoms with Gasteiger partial charge < -0.3 is 9.15 Å². The molecule has 1 saturated heterocycles. The Kier molecular flexibility index (Phi) is 5.91. The maximum atomic E-state index is 13.0. The zero-order valence-corrected chi connectivity index (χ0v) is 18.0. The van der Waals surface area contributed by atoms with Crippen LogP contribution in [0.1, 0.15) is 28.6 Å². The van der Waals surface area contributed by atoms with Crippen molar-refractivity contribution in [3.05, 3.63) is 83.1 Å². The van der Waals surface area contributed by atoms with Gasteiger partial charge in [-0.3, -0.25) is 14.9 Å². The largest absolute Gasteiger partial charge is 0.462 e. The molecule has 4 rings (SSSR count). The number of barbiturate groups is 1. The first-order valence-electron chi connectivity index (χ1n) is 10.2. The van der Waals surface area contributed by atoms with Gasteiger partial charge in [0.25, 0.3) is 11.8 Å². The maximum Gasteiger partial charge on any atom is 0.338 e. The van der Waals surface area contributed by atoms with E-state index >= 15 is 0 Å². The minimum atomic E-state index is -0.812. The number of esters is 1. The van der Waals surface area contributed by atoms with Gasteiger partial charge >= 0.3 is 12.0 Å². The quantitative estimate of drug-likeness (QED) is 0.361. The number of nitrogens with zero attached hydrogens (tertiary/aromatic N) is 1. The van der Waals surface area contributed by atoms with Crippen LogP contribution in [0.4, 0.5) is 10.5 Å². The molecule has 1 aliphatic heterocycles. The van der Waals surface area contributed by atoms with Gasteiger partial charge in [-0.05, 0) is 56.3 Å². The Bertz CT molecular complexity index is 1270. The summed E-state index contributed by atoms with van der Waals surface area (Å²) in [4.78, 5) is 50.3. The van der Waals surface area contributed by atoms with Crippen LogP contribution in [0.15, 0.2) is 70.7 Å². The van der Waals surface area contributed by atoms with E-state index in [1.807, 2.05) is 6.92 Å². The highest BCUT2D eigenvalue weighted by Crippen LogP contribution is 2.26. The van der Waals surface area contributed by atoms with Gasteiger partial charge in [0.05, 0.1) is 17.9 Å². The van der Waals surface area contributed by atoms with Crippen LogP contribution in [0.25, 0.3) is 17.4 Å². The predicted molar refractivity (Wildman–Crippen MR) is 120 cm³/mol. The monoisotopic (exact) mass is 444 g/mol. The van der Waals surface area contributed by atoms with Crippen LogP contribution >= 0.6 is 0 Å².